The maximum Gasteiger partial charge on any atom is 0.119 e. The van der Waals surface area contributed by atoms with Crippen molar-refractivity contribution < 1.29 is 4.74 Å². The third-order valence-corrected chi connectivity index (χ3v) is 7.30. The molecule has 0 radical (unpaired) electrons. The highest BCUT2D eigenvalue weighted by Crippen LogP contribution is 2.39. The van der Waals surface area contributed by atoms with Crippen molar-refractivity contribution in [3.63, 3.8) is 0 Å². The van der Waals surface area contributed by atoms with Crippen molar-refractivity contribution >= 4 is 0 Å². The van der Waals surface area contributed by atoms with Gasteiger partial charge < -0.3 is 4.74 Å². The first-order chi connectivity index (χ1) is 17.2. The molecule has 1 aliphatic carbocycles. The van der Waals surface area contributed by atoms with Gasteiger partial charge >= 0.3 is 0 Å². The quantitative estimate of drug-likeness (QED) is 0.336. The van der Waals surface area contributed by atoms with E-state index in [1.165, 1.54) is 44.1 Å². The van der Waals surface area contributed by atoms with Crippen LogP contribution in [0.3, 0.4) is 0 Å². The lowest BCUT2D eigenvalue weighted by atomic mass is 9.77. The highest BCUT2D eigenvalue weighted by Gasteiger charge is 2.22. The van der Waals surface area contributed by atoms with Crippen LogP contribution in [0.25, 0.3) is 22.3 Å². The fourth-order valence-corrected chi connectivity index (χ4v) is 5.39. The summed E-state index contributed by atoms with van der Waals surface area (Å²) in [6.07, 6.45) is 8.79. The Morgan fingerprint density at radius 1 is 0.714 bits per heavy atom. The maximum atomic E-state index is 10.0. The molecule has 0 saturated heterocycles. The Labute approximate surface area is 210 Å². The lowest BCUT2D eigenvalue weighted by Crippen LogP contribution is -2.13. The molecule has 0 spiro atoms. The van der Waals surface area contributed by atoms with Gasteiger partial charge in [-0.2, -0.15) is 10.5 Å². The van der Waals surface area contributed by atoms with E-state index in [0.29, 0.717) is 23.7 Å². The molecule has 3 aromatic carbocycles. The molecule has 1 saturated carbocycles. The average Bonchev–Trinajstić information content (AvgIpc) is 2.92. The van der Waals surface area contributed by atoms with E-state index in [4.69, 9.17) is 4.74 Å². The van der Waals surface area contributed by atoms with E-state index in [-0.39, 0.29) is 0 Å². The molecule has 0 aliphatic heterocycles. The number of hydrogen-bond donors (Lipinski definition) is 0. The molecule has 0 N–H and O–H groups in total. The van der Waals surface area contributed by atoms with Crippen molar-refractivity contribution in [2.75, 3.05) is 6.61 Å². The average molecular weight is 463 g/mol. The first kappa shape index (κ1) is 24.6. The fraction of sp³-hybridized carbons (Fsp3) is 0.375. The largest absolute Gasteiger partial charge is 0.494 e. The van der Waals surface area contributed by atoms with Gasteiger partial charge in [-0.15, -0.1) is 0 Å². The Kier molecular flexibility index (Phi) is 8.23. The second kappa shape index (κ2) is 11.7. The highest BCUT2D eigenvalue weighted by molar-refractivity contribution is 5.82. The van der Waals surface area contributed by atoms with Crippen LogP contribution >= 0.6 is 0 Å². The summed E-state index contributed by atoms with van der Waals surface area (Å²) in [5.74, 6) is 2.34. The van der Waals surface area contributed by atoms with Crippen molar-refractivity contribution in [1.29, 1.82) is 10.5 Å². The van der Waals surface area contributed by atoms with Crippen LogP contribution in [0.1, 0.15) is 81.4 Å². The molecule has 3 nitrogen and oxygen atoms in total. The van der Waals surface area contributed by atoms with E-state index in [1.54, 1.807) is 0 Å². The van der Waals surface area contributed by atoms with Crippen LogP contribution in [0.2, 0.25) is 0 Å². The van der Waals surface area contributed by atoms with E-state index >= 15 is 0 Å². The van der Waals surface area contributed by atoms with Crippen LogP contribution in [0.15, 0.2) is 60.7 Å². The van der Waals surface area contributed by atoms with E-state index in [1.807, 2.05) is 36.4 Å². The predicted molar refractivity (Wildman–Crippen MR) is 142 cm³/mol. The number of benzene rings is 3. The van der Waals surface area contributed by atoms with E-state index in [2.05, 4.69) is 50.3 Å². The van der Waals surface area contributed by atoms with Gasteiger partial charge in [0.2, 0.25) is 0 Å². The Hall–Kier alpha value is -3.56. The Bertz CT molecular complexity index is 1200. The van der Waals surface area contributed by atoms with Crippen molar-refractivity contribution in [1.82, 2.24) is 0 Å². The van der Waals surface area contributed by atoms with Crippen LogP contribution in [-0.2, 0) is 0 Å². The first-order valence-electron chi connectivity index (χ1n) is 13.0. The number of nitrogens with zero attached hydrogens (tertiary/aromatic N) is 2. The van der Waals surface area contributed by atoms with Gasteiger partial charge in [0.15, 0.2) is 0 Å². The molecule has 178 valence electrons. The van der Waals surface area contributed by atoms with Crippen molar-refractivity contribution in [2.45, 2.75) is 64.7 Å². The maximum absolute atomic E-state index is 10.0. The zero-order valence-electron chi connectivity index (χ0n) is 20.9. The van der Waals surface area contributed by atoms with Crippen LogP contribution in [0.4, 0.5) is 0 Å². The molecule has 0 heterocycles. The molecule has 35 heavy (non-hydrogen) atoms. The van der Waals surface area contributed by atoms with Crippen LogP contribution in [-0.4, -0.2) is 6.61 Å². The number of hydrogen-bond acceptors (Lipinski definition) is 3. The van der Waals surface area contributed by atoms with Gasteiger partial charge in [0, 0.05) is 11.1 Å². The molecule has 0 unspecified atom stereocenters. The molecular weight excluding hydrogens is 428 g/mol. The SMILES string of the molecule is CCCOc1ccc(-c2ccc(-c3ccc([C@H]4CC[C@H](CCC)CC4)cc3)c(C#N)c2C#N)cc1. The standard InChI is InChI=1S/C32H34N2O/c1-3-5-23-6-8-24(9-7-23)25-10-12-26(13-11-25)29-18-19-30(32(22-34)31(29)21-33)27-14-16-28(17-15-27)35-20-4-2/h10-19,23-24H,3-9,20H2,1-2H3/t23-,24-. The molecule has 1 fully saturated rings. The lowest BCUT2D eigenvalue weighted by molar-refractivity contribution is 0.308. The molecule has 0 amide bonds. The summed E-state index contributed by atoms with van der Waals surface area (Å²) >= 11 is 0. The van der Waals surface area contributed by atoms with Crippen LogP contribution < -0.4 is 4.74 Å². The monoisotopic (exact) mass is 462 g/mol. The minimum absolute atomic E-state index is 0.422. The van der Waals surface area contributed by atoms with E-state index in [9.17, 15) is 10.5 Å². The molecule has 4 rings (SSSR count). The smallest absolute Gasteiger partial charge is 0.119 e. The Morgan fingerprint density at radius 2 is 1.26 bits per heavy atom. The van der Waals surface area contributed by atoms with Crippen molar-refractivity contribution in [3.05, 3.63) is 77.4 Å². The molecular formula is C32H34N2O. The zero-order valence-corrected chi connectivity index (χ0v) is 20.9. The van der Waals surface area contributed by atoms with Gasteiger partial charge in [0.1, 0.15) is 17.9 Å². The number of nitriles is 2. The van der Waals surface area contributed by atoms with Crippen molar-refractivity contribution in [3.8, 4) is 40.1 Å². The second-order valence-corrected chi connectivity index (χ2v) is 9.64. The molecule has 1 aliphatic rings. The summed E-state index contributed by atoms with van der Waals surface area (Å²) in [6.45, 7) is 5.03. The van der Waals surface area contributed by atoms with Gasteiger partial charge in [-0.3, -0.25) is 0 Å². The molecule has 3 aromatic rings. The van der Waals surface area contributed by atoms with Gasteiger partial charge in [-0.05, 0) is 72.8 Å². The summed E-state index contributed by atoms with van der Waals surface area (Å²) < 4.78 is 5.68. The molecule has 0 bridgehead atoms. The number of ether oxygens (including phenoxy) is 1. The normalized spacial score (nSPS) is 17.4. The predicted octanol–water partition coefficient (Wildman–Crippen LogP) is 8.63. The summed E-state index contributed by atoms with van der Waals surface area (Å²) in [6, 6.07) is 24.9. The van der Waals surface area contributed by atoms with Gasteiger partial charge in [0.25, 0.3) is 0 Å². The van der Waals surface area contributed by atoms with Crippen LogP contribution in [0, 0.1) is 28.6 Å². The van der Waals surface area contributed by atoms with E-state index < -0.39 is 0 Å². The minimum atomic E-state index is 0.422. The van der Waals surface area contributed by atoms with E-state index in [0.717, 1.165) is 40.3 Å². The summed E-state index contributed by atoms with van der Waals surface area (Å²) in [5.41, 5.74) is 5.72. The van der Waals surface area contributed by atoms with Crippen LogP contribution in [0.5, 0.6) is 5.75 Å². The van der Waals surface area contributed by atoms with Gasteiger partial charge in [-0.1, -0.05) is 75.2 Å². The third kappa shape index (κ3) is 5.58. The van der Waals surface area contributed by atoms with Gasteiger partial charge in [-0.25, -0.2) is 0 Å². The second-order valence-electron chi connectivity index (χ2n) is 9.64. The zero-order chi connectivity index (χ0) is 24.6. The number of rotatable bonds is 8. The lowest BCUT2D eigenvalue weighted by Gasteiger charge is -2.28. The fourth-order valence-electron chi connectivity index (χ4n) is 5.39. The summed E-state index contributed by atoms with van der Waals surface area (Å²) in [4.78, 5) is 0. The molecule has 3 heteroatoms. The third-order valence-electron chi connectivity index (χ3n) is 7.30. The van der Waals surface area contributed by atoms with Gasteiger partial charge in [0.05, 0.1) is 17.7 Å². The summed E-state index contributed by atoms with van der Waals surface area (Å²) in [5, 5.41) is 20.0. The first-order valence-corrected chi connectivity index (χ1v) is 13.0. The topological polar surface area (TPSA) is 56.8 Å². The Morgan fingerprint density at radius 3 is 1.74 bits per heavy atom. The summed E-state index contributed by atoms with van der Waals surface area (Å²) in [7, 11) is 0. The van der Waals surface area contributed by atoms with Crippen molar-refractivity contribution in [2.24, 2.45) is 5.92 Å². The highest BCUT2D eigenvalue weighted by atomic mass is 16.5. The molecule has 0 aromatic heterocycles. The molecule has 0 atom stereocenters. The minimum Gasteiger partial charge on any atom is -0.494 e. The Balaban J connectivity index is 1.58.